The van der Waals surface area contributed by atoms with Crippen LogP contribution in [0, 0.1) is 46.5 Å². The van der Waals surface area contributed by atoms with Gasteiger partial charge in [0.2, 0.25) is 0 Å². The fourth-order valence-electron chi connectivity index (χ4n) is 16.2. The summed E-state index contributed by atoms with van der Waals surface area (Å²) >= 11 is 9.52. The van der Waals surface area contributed by atoms with Gasteiger partial charge in [-0.05, 0) is 218 Å². The molecule has 15 rings (SSSR count). The maximum atomic E-state index is 9.68. The summed E-state index contributed by atoms with van der Waals surface area (Å²) < 4.78 is 0. The number of aryl methyl sites for hydroxylation is 5. The van der Waals surface area contributed by atoms with Gasteiger partial charge in [-0.25, -0.2) is 49.8 Å². The van der Waals surface area contributed by atoms with Crippen LogP contribution in [-0.2, 0) is 44.3 Å². The van der Waals surface area contributed by atoms with Gasteiger partial charge in [-0.3, -0.25) is 4.98 Å². The van der Waals surface area contributed by atoms with Gasteiger partial charge in [-0.1, -0.05) is 187 Å². The second-order valence-electron chi connectivity index (χ2n) is 33.2. The van der Waals surface area contributed by atoms with Crippen LogP contribution in [0.15, 0.2) is 170 Å². The molecule has 0 radical (unpaired) electrons. The van der Waals surface area contributed by atoms with E-state index in [1.807, 2.05) is 107 Å². The van der Waals surface area contributed by atoms with E-state index in [-0.39, 0.29) is 57.0 Å². The van der Waals surface area contributed by atoms with Crippen molar-refractivity contribution in [2.24, 2.45) is 11.8 Å². The van der Waals surface area contributed by atoms with E-state index in [0.29, 0.717) is 5.92 Å². The number of aliphatic hydroxyl groups excluding tert-OH is 5. The number of aliphatic hydroxyl groups is 5. The highest BCUT2D eigenvalue weighted by molar-refractivity contribution is 7.99. The van der Waals surface area contributed by atoms with Gasteiger partial charge in [0.1, 0.15) is 31.6 Å². The number of allylic oxidation sites excluding steroid dienone is 10. The minimum absolute atomic E-state index is 0.0894. The Balaban J connectivity index is 0.000000156. The molecule has 0 saturated heterocycles. The van der Waals surface area contributed by atoms with Crippen LogP contribution in [0.2, 0.25) is 5.02 Å². The number of nitrogens with two attached hydrogens (primary N) is 1. The Hall–Kier alpha value is -8.84. The van der Waals surface area contributed by atoms with E-state index in [2.05, 4.69) is 159 Å². The Kier molecular flexibility index (Phi) is 41.6. The molecule has 0 saturated carbocycles. The first-order valence-corrected chi connectivity index (χ1v) is 47.5. The van der Waals surface area contributed by atoms with Gasteiger partial charge in [0.05, 0.1) is 47.4 Å². The van der Waals surface area contributed by atoms with Crippen LogP contribution in [0.25, 0.3) is 33.4 Å². The summed E-state index contributed by atoms with van der Waals surface area (Å²) in [5.74, 6) is 3.59. The SMILES string of the molecule is CCCCCCCCCCC1=CCc2c(N)ccnc21.CCCC[C@H](CO)NCC1=CCc2c(C)ncnc21.Cc1ncnc2c1CC=C2CC[C@@H](C)CO.Cc1ncnc2c1CC=C2CC[C@H](CO)CSc1ccc(Cl)cc1.Cc1ncnc2c1CC=C2CC[C@H](CO)c1ccccc1.Cc1ncnc2c1CC=C2CN[C@H](CO)CSCc1ccccc1. The van der Waals surface area contributed by atoms with Crippen molar-refractivity contribution in [3.63, 3.8) is 0 Å². The lowest BCUT2D eigenvalue weighted by Gasteiger charge is -2.17. The van der Waals surface area contributed by atoms with Gasteiger partial charge in [0.25, 0.3) is 0 Å². The first kappa shape index (κ1) is 97.4. The van der Waals surface area contributed by atoms with Crippen LogP contribution in [0.4, 0.5) is 5.69 Å². The van der Waals surface area contributed by atoms with E-state index < -0.39 is 0 Å². The largest absolute Gasteiger partial charge is 0.398 e. The molecule has 660 valence electrons. The Bertz CT molecular complexity index is 4990. The number of fused-ring (bicyclic) bond motifs is 6. The number of benzene rings is 3. The second-order valence-corrected chi connectivity index (χ2v) is 35.7. The lowest BCUT2D eigenvalue weighted by Crippen LogP contribution is -2.35. The number of thioether (sulfide) groups is 2. The number of nitrogen functional groups attached to an aromatic ring is 1. The standard InChI is InChI=1S/C19H21ClN2OS.C19H23N3OS.C18H20N2O.C18H28N2.C15H23N3O.C13H18N2O/c1-13-18-9-4-15(19(18)22-12-21-13)3-2-14(10-23)11-24-17-7-5-16(20)6-8-17;1-14-18-8-7-16(19(18)22-13-21-14)9-20-17(10-23)12-24-11-15-5-3-2-4-6-15;1-13-17-10-9-15(18(17)20-12-19-13)7-8-16(11-21)14-5-3-2-4-6-14;1-2-3-4-5-6-7-8-9-10-15-11-12-16-17(19)13-14-20-18(15)16;1-3-4-5-13(9-19)16-8-12-6-7-14-11(2)17-10-18-15(12)14;1-9(7-16)3-4-11-5-6-12-10(2)14-8-15-13(11)12/h4-8,12,14,23H,2-3,9-11H2,1H3;2-7,13,17,20,23H,8-12H2,1H3;2-6,9,12,16,21H,7-8,10-11H2,1H3;11,13-14H,2-10,12H2,1H3,(H2,19,20);6,10,13,16,19H,3-5,7-9H2,1-2H3;5,8-9,16H,3-4,6-7H2,1-2H3/t14-;17-;16-;;13-;9-/m111.11/s1. The van der Waals surface area contributed by atoms with Gasteiger partial charge >= 0.3 is 0 Å². The molecule has 0 amide bonds. The quantitative estimate of drug-likeness (QED) is 0.0131. The molecule has 0 aliphatic heterocycles. The van der Waals surface area contributed by atoms with Crippen LogP contribution in [0.3, 0.4) is 0 Å². The maximum Gasteiger partial charge on any atom is 0.116 e. The zero-order valence-electron chi connectivity index (χ0n) is 74.4. The molecule has 6 aliphatic carbocycles. The second kappa shape index (κ2) is 52.9. The number of hydrogen-bond acceptors (Lipinski definition) is 21. The third kappa shape index (κ3) is 29.6. The number of aromatic nitrogens is 11. The Morgan fingerprint density at radius 3 is 1.28 bits per heavy atom. The molecule has 0 unspecified atom stereocenters. The highest BCUT2D eigenvalue weighted by Crippen LogP contribution is 2.38. The summed E-state index contributed by atoms with van der Waals surface area (Å²) in [5, 5.41) is 54.9. The summed E-state index contributed by atoms with van der Waals surface area (Å²) in [5.41, 5.74) is 36.7. The number of pyridine rings is 1. The van der Waals surface area contributed by atoms with Crippen LogP contribution in [0.5, 0.6) is 0 Å². The smallest absolute Gasteiger partial charge is 0.116 e. The maximum absolute atomic E-state index is 9.68. The fraction of sp³-hybridized carbons (Fsp3) is 0.461. The van der Waals surface area contributed by atoms with E-state index in [4.69, 9.17) is 22.4 Å². The van der Waals surface area contributed by atoms with E-state index in [9.17, 15) is 20.4 Å². The first-order valence-electron chi connectivity index (χ1n) is 45.0. The molecule has 0 spiro atoms. The lowest BCUT2D eigenvalue weighted by atomic mass is 9.92. The van der Waals surface area contributed by atoms with Gasteiger partial charge in [-0.2, -0.15) is 11.8 Å². The number of nitrogens with zero attached hydrogens (tertiary/aromatic N) is 11. The Morgan fingerprint density at radius 1 is 0.395 bits per heavy atom. The molecule has 5 atom stereocenters. The topological polar surface area (TPSA) is 293 Å². The highest BCUT2D eigenvalue weighted by atomic mass is 35.5. The van der Waals surface area contributed by atoms with Crippen LogP contribution < -0.4 is 16.4 Å². The molecule has 6 aromatic heterocycles. The summed E-state index contributed by atoms with van der Waals surface area (Å²) in [7, 11) is 0. The molecule has 3 aromatic carbocycles. The van der Waals surface area contributed by atoms with Gasteiger partial charge < -0.3 is 41.9 Å². The molecule has 9 aromatic rings. The molecule has 6 aliphatic rings. The molecule has 0 fully saturated rings. The Morgan fingerprint density at radius 2 is 0.815 bits per heavy atom. The molecule has 6 heterocycles. The van der Waals surface area contributed by atoms with Crippen molar-refractivity contribution >= 4 is 74.3 Å². The molecular weight excluding hydrogens is 1600 g/mol. The van der Waals surface area contributed by atoms with Crippen LogP contribution >= 0.6 is 35.1 Å². The number of hydrogen-bond donors (Lipinski definition) is 8. The predicted octanol–water partition coefficient (Wildman–Crippen LogP) is 19.6. The summed E-state index contributed by atoms with van der Waals surface area (Å²) in [6.45, 7) is 19.2. The fourth-order valence-corrected chi connectivity index (χ4v) is 18.4. The van der Waals surface area contributed by atoms with Gasteiger partial charge in [0, 0.05) is 152 Å². The van der Waals surface area contributed by atoms with E-state index in [0.717, 1.165) is 200 Å². The minimum Gasteiger partial charge on any atom is -0.398 e. The molecule has 22 heteroatoms. The Labute approximate surface area is 751 Å². The summed E-state index contributed by atoms with van der Waals surface area (Å²) in [6.07, 6.45) is 50.5. The monoisotopic (exact) mass is 1730 g/mol. The van der Waals surface area contributed by atoms with E-state index in [1.165, 1.54) is 141 Å². The van der Waals surface area contributed by atoms with Crippen molar-refractivity contribution in [3.05, 3.63) is 277 Å². The zero-order valence-corrected chi connectivity index (χ0v) is 76.8. The predicted molar refractivity (Wildman–Crippen MR) is 513 cm³/mol. The molecular formula is C102H133ClN14O5S2. The zero-order chi connectivity index (χ0) is 87.8. The van der Waals surface area contributed by atoms with Crippen molar-refractivity contribution in [1.29, 1.82) is 0 Å². The van der Waals surface area contributed by atoms with E-state index >= 15 is 0 Å². The summed E-state index contributed by atoms with van der Waals surface area (Å²) in [4.78, 5) is 49.0. The van der Waals surface area contributed by atoms with E-state index in [1.54, 1.807) is 43.4 Å². The summed E-state index contributed by atoms with van der Waals surface area (Å²) in [6, 6.07) is 30.7. The van der Waals surface area contributed by atoms with Crippen LogP contribution in [-0.4, -0.2) is 150 Å². The van der Waals surface area contributed by atoms with Crippen molar-refractivity contribution in [2.75, 3.05) is 63.4 Å². The highest BCUT2D eigenvalue weighted by Gasteiger charge is 2.26. The number of anilines is 1. The van der Waals surface area contributed by atoms with Crippen molar-refractivity contribution in [1.82, 2.24) is 65.5 Å². The molecule has 0 bridgehead atoms. The van der Waals surface area contributed by atoms with Crippen molar-refractivity contribution in [3.8, 4) is 0 Å². The average molecular weight is 1730 g/mol. The molecule has 9 N–H and O–H groups in total. The first-order chi connectivity index (χ1) is 60.5. The van der Waals surface area contributed by atoms with Gasteiger partial charge in [-0.15, -0.1) is 11.8 Å². The lowest BCUT2D eigenvalue weighted by molar-refractivity contribution is 0.231. The molecule has 19 nitrogen and oxygen atoms in total. The minimum atomic E-state index is 0.0894. The number of unbranched alkanes of at least 4 members (excludes halogenated alkanes) is 8. The van der Waals surface area contributed by atoms with Crippen LogP contribution in [0.1, 0.15) is 249 Å². The number of halogens is 1. The van der Waals surface area contributed by atoms with Crippen molar-refractivity contribution < 1.29 is 25.5 Å². The van der Waals surface area contributed by atoms with Gasteiger partial charge in [0.15, 0.2) is 0 Å². The average Bonchev–Trinajstić information content (AvgIpc) is 1.73. The number of rotatable bonds is 40. The normalized spacial score (nSPS) is 14.6. The number of nitrogens with one attached hydrogen (secondary N) is 2. The molecule has 124 heavy (non-hydrogen) atoms. The third-order valence-electron chi connectivity index (χ3n) is 24.1. The third-order valence-corrected chi connectivity index (χ3v) is 26.8. The van der Waals surface area contributed by atoms with Crippen molar-refractivity contribution in [2.45, 2.75) is 238 Å².